The van der Waals surface area contributed by atoms with E-state index in [1.54, 1.807) is 37.3 Å². The standard InChI is InChI=1S/C20H20N4O4/c1-12(2)27-16-6-4-15(5-7-16)22-20(26)17-11-14(8-9-21-17)19(25)23-18-10-13(3)28-24-18/h4-12H,1-3H3,(H,22,26)(H,23,24,25). The molecule has 8 nitrogen and oxygen atoms in total. The summed E-state index contributed by atoms with van der Waals surface area (Å²) in [7, 11) is 0. The number of carbonyl (C=O) groups is 2. The second kappa shape index (κ2) is 8.34. The summed E-state index contributed by atoms with van der Waals surface area (Å²) < 4.78 is 10.5. The molecular weight excluding hydrogens is 360 g/mol. The van der Waals surface area contributed by atoms with Gasteiger partial charge in [-0.15, -0.1) is 0 Å². The Hall–Kier alpha value is -3.68. The Labute approximate surface area is 161 Å². The monoisotopic (exact) mass is 380 g/mol. The van der Waals surface area contributed by atoms with Gasteiger partial charge in [-0.05, 0) is 57.2 Å². The first-order chi connectivity index (χ1) is 13.4. The maximum Gasteiger partial charge on any atom is 0.274 e. The van der Waals surface area contributed by atoms with Gasteiger partial charge in [-0.25, -0.2) is 0 Å². The molecule has 1 aromatic carbocycles. The van der Waals surface area contributed by atoms with Gasteiger partial charge in [-0.3, -0.25) is 14.6 Å². The summed E-state index contributed by atoms with van der Waals surface area (Å²) in [6.07, 6.45) is 1.47. The Morgan fingerprint density at radius 3 is 2.43 bits per heavy atom. The van der Waals surface area contributed by atoms with Gasteiger partial charge < -0.3 is 19.9 Å². The minimum atomic E-state index is -0.426. The maximum absolute atomic E-state index is 12.4. The van der Waals surface area contributed by atoms with Gasteiger partial charge in [0.1, 0.15) is 17.2 Å². The Morgan fingerprint density at radius 2 is 1.79 bits per heavy atom. The molecular formula is C20H20N4O4. The van der Waals surface area contributed by atoms with Crippen LogP contribution in [0.1, 0.15) is 40.5 Å². The maximum atomic E-state index is 12.4. The van der Waals surface area contributed by atoms with E-state index in [0.29, 0.717) is 23.0 Å². The van der Waals surface area contributed by atoms with Crippen molar-refractivity contribution in [1.29, 1.82) is 0 Å². The average molecular weight is 380 g/mol. The number of carbonyl (C=O) groups excluding carboxylic acids is 2. The van der Waals surface area contributed by atoms with Gasteiger partial charge in [-0.1, -0.05) is 5.16 Å². The smallest absolute Gasteiger partial charge is 0.274 e. The zero-order valence-electron chi connectivity index (χ0n) is 15.7. The van der Waals surface area contributed by atoms with E-state index in [4.69, 9.17) is 9.26 Å². The summed E-state index contributed by atoms with van der Waals surface area (Å²) in [6.45, 7) is 5.60. The fourth-order valence-corrected chi connectivity index (χ4v) is 2.39. The number of aryl methyl sites for hydroxylation is 1. The second-order valence-electron chi connectivity index (χ2n) is 6.35. The third-order valence-corrected chi connectivity index (χ3v) is 3.61. The van der Waals surface area contributed by atoms with E-state index in [1.807, 2.05) is 13.8 Å². The number of benzene rings is 1. The molecule has 0 radical (unpaired) electrons. The van der Waals surface area contributed by atoms with Crippen molar-refractivity contribution in [2.24, 2.45) is 0 Å². The van der Waals surface area contributed by atoms with Crippen LogP contribution in [0.3, 0.4) is 0 Å². The van der Waals surface area contributed by atoms with Gasteiger partial charge in [0.25, 0.3) is 11.8 Å². The second-order valence-corrected chi connectivity index (χ2v) is 6.35. The third kappa shape index (κ3) is 4.94. The molecule has 0 atom stereocenters. The first-order valence-corrected chi connectivity index (χ1v) is 8.69. The molecule has 0 saturated carbocycles. The van der Waals surface area contributed by atoms with Gasteiger partial charge in [-0.2, -0.15) is 0 Å². The number of nitrogens with zero attached hydrogens (tertiary/aromatic N) is 2. The lowest BCUT2D eigenvalue weighted by molar-refractivity contribution is 0.102. The lowest BCUT2D eigenvalue weighted by Crippen LogP contribution is -2.17. The number of hydrogen-bond acceptors (Lipinski definition) is 6. The van der Waals surface area contributed by atoms with E-state index in [0.717, 1.165) is 0 Å². The minimum absolute atomic E-state index is 0.0692. The molecule has 2 amide bonds. The molecule has 0 aliphatic carbocycles. The molecule has 3 rings (SSSR count). The van der Waals surface area contributed by atoms with E-state index in [2.05, 4.69) is 20.8 Å². The normalized spacial score (nSPS) is 10.6. The number of anilines is 2. The summed E-state index contributed by atoms with van der Waals surface area (Å²) in [5.41, 5.74) is 0.990. The first kappa shape index (κ1) is 19.1. The summed E-state index contributed by atoms with van der Waals surface area (Å²) in [4.78, 5) is 28.8. The summed E-state index contributed by atoms with van der Waals surface area (Å²) >= 11 is 0. The van der Waals surface area contributed by atoms with Crippen molar-refractivity contribution in [3.8, 4) is 5.75 Å². The molecule has 0 unspecified atom stereocenters. The van der Waals surface area contributed by atoms with Crippen molar-refractivity contribution < 1.29 is 18.8 Å². The molecule has 0 fully saturated rings. The van der Waals surface area contributed by atoms with Crippen LogP contribution in [-0.2, 0) is 0 Å². The Balaban J connectivity index is 1.67. The van der Waals surface area contributed by atoms with Crippen LogP contribution in [0.2, 0.25) is 0 Å². The molecule has 8 heteroatoms. The van der Waals surface area contributed by atoms with Gasteiger partial charge in [0.15, 0.2) is 5.82 Å². The lowest BCUT2D eigenvalue weighted by atomic mass is 10.2. The molecule has 0 aliphatic rings. The number of rotatable bonds is 6. The van der Waals surface area contributed by atoms with E-state index in [1.165, 1.54) is 18.3 Å². The fraction of sp³-hybridized carbons (Fsp3) is 0.200. The van der Waals surface area contributed by atoms with Crippen LogP contribution in [-0.4, -0.2) is 28.1 Å². The minimum Gasteiger partial charge on any atom is -0.491 e. The molecule has 0 bridgehead atoms. The largest absolute Gasteiger partial charge is 0.491 e. The molecule has 144 valence electrons. The molecule has 0 saturated heterocycles. The van der Waals surface area contributed by atoms with E-state index in [-0.39, 0.29) is 17.4 Å². The van der Waals surface area contributed by atoms with Gasteiger partial charge in [0, 0.05) is 23.5 Å². The fourth-order valence-electron chi connectivity index (χ4n) is 2.39. The van der Waals surface area contributed by atoms with Crippen LogP contribution in [0.15, 0.2) is 53.2 Å². The van der Waals surface area contributed by atoms with Crippen LogP contribution in [0, 0.1) is 6.92 Å². The topological polar surface area (TPSA) is 106 Å². The highest BCUT2D eigenvalue weighted by atomic mass is 16.5. The number of ether oxygens (including phenoxy) is 1. The summed E-state index contributed by atoms with van der Waals surface area (Å²) in [6, 6.07) is 11.5. The number of nitrogens with one attached hydrogen (secondary N) is 2. The van der Waals surface area contributed by atoms with Crippen LogP contribution < -0.4 is 15.4 Å². The van der Waals surface area contributed by atoms with Crippen molar-refractivity contribution in [1.82, 2.24) is 10.1 Å². The predicted octanol–water partition coefficient (Wildman–Crippen LogP) is 3.67. The number of pyridine rings is 1. The predicted molar refractivity (Wildman–Crippen MR) is 104 cm³/mol. The highest BCUT2D eigenvalue weighted by Gasteiger charge is 2.14. The van der Waals surface area contributed by atoms with Crippen LogP contribution in [0.4, 0.5) is 11.5 Å². The summed E-state index contributed by atoms with van der Waals surface area (Å²) in [5, 5.41) is 9.05. The van der Waals surface area contributed by atoms with Gasteiger partial charge >= 0.3 is 0 Å². The molecule has 2 aromatic heterocycles. The Kier molecular flexibility index (Phi) is 5.69. The molecule has 2 heterocycles. The first-order valence-electron chi connectivity index (χ1n) is 8.69. The van der Waals surface area contributed by atoms with Crippen molar-refractivity contribution >= 4 is 23.3 Å². The lowest BCUT2D eigenvalue weighted by Gasteiger charge is -2.10. The molecule has 0 aliphatic heterocycles. The Bertz CT molecular complexity index is 980. The average Bonchev–Trinajstić information content (AvgIpc) is 3.07. The molecule has 2 N–H and O–H groups in total. The van der Waals surface area contributed by atoms with Crippen molar-refractivity contribution in [3.05, 3.63) is 65.7 Å². The summed E-state index contributed by atoms with van der Waals surface area (Å²) in [5.74, 6) is 0.751. The van der Waals surface area contributed by atoms with Crippen LogP contribution in [0.25, 0.3) is 0 Å². The molecule has 0 spiro atoms. The van der Waals surface area contributed by atoms with Crippen molar-refractivity contribution in [2.45, 2.75) is 26.9 Å². The quantitative estimate of drug-likeness (QED) is 0.676. The SMILES string of the molecule is Cc1cc(NC(=O)c2ccnc(C(=O)Nc3ccc(OC(C)C)cc3)c2)no1. The Morgan fingerprint density at radius 1 is 1.04 bits per heavy atom. The zero-order chi connectivity index (χ0) is 20.1. The highest BCUT2D eigenvalue weighted by Crippen LogP contribution is 2.18. The number of hydrogen-bond donors (Lipinski definition) is 2. The van der Waals surface area contributed by atoms with Gasteiger partial charge in [0.05, 0.1) is 6.10 Å². The molecule has 28 heavy (non-hydrogen) atoms. The van der Waals surface area contributed by atoms with E-state index < -0.39 is 11.8 Å². The number of aromatic nitrogens is 2. The van der Waals surface area contributed by atoms with E-state index in [9.17, 15) is 9.59 Å². The van der Waals surface area contributed by atoms with Crippen molar-refractivity contribution in [2.75, 3.05) is 10.6 Å². The van der Waals surface area contributed by atoms with Crippen molar-refractivity contribution in [3.63, 3.8) is 0 Å². The third-order valence-electron chi connectivity index (χ3n) is 3.61. The zero-order valence-corrected chi connectivity index (χ0v) is 15.7. The number of amides is 2. The van der Waals surface area contributed by atoms with Gasteiger partial charge in [0.2, 0.25) is 0 Å². The van der Waals surface area contributed by atoms with Crippen LogP contribution >= 0.6 is 0 Å². The molecule has 3 aromatic rings. The highest BCUT2D eigenvalue weighted by molar-refractivity contribution is 6.07. The van der Waals surface area contributed by atoms with Crippen LogP contribution in [0.5, 0.6) is 5.75 Å². The van der Waals surface area contributed by atoms with E-state index >= 15 is 0 Å².